The molecule has 2 rings (SSSR count). The molecule has 2 aromatic carbocycles. The van der Waals surface area contributed by atoms with Crippen LogP contribution in [0.25, 0.3) is 0 Å². The van der Waals surface area contributed by atoms with Crippen molar-refractivity contribution in [1.29, 1.82) is 0 Å². The Morgan fingerprint density at radius 2 is 1.60 bits per heavy atom. The number of benzene rings is 2. The molecule has 0 bridgehead atoms. The Hall–Kier alpha value is -1.81. The van der Waals surface area contributed by atoms with Crippen LogP contribution in [0.2, 0.25) is 0 Å². The average molecular weight is 289 g/mol. The van der Waals surface area contributed by atoms with Gasteiger partial charge in [-0.2, -0.15) is 0 Å². The first-order chi connectivity index (χ1) is 9.63. The molecule has 0 atom stereocenters. The maximum atomic E-state index is 12.7. The van der Waals surface area contributed by atoms with Crippen LogP contribution in [0.15, 0.2) is 53.4 Å². The molecule has 0 radical (unpaired) electrons. The van der Waals surface area contributed by atoms with E-state index in [9.17, 15) is 9.18 Å². The first-order valence-electron chi connectivity index (χ1n) is 6.42. The van der Waals surface area contributed by atoms with E-state index in [1.54, 1.807) is 12.1 Å². The molecule has 4 heteroatoms. The summed E-state index contributed by atoms with van der Waals surface area (Å²) in [7, 11) is 0. The maximum Gasteiger partial charge on any atom is 0.224 e. The zero-order chi connectivity index (χ0) is 14.4. The van der Waals surface area contributed by atoms with E-state index in [4.69, 9.17) is 0 Å². The number of halogens is 1. The Kier molecular flexibility index (Phi) is 5.18. The van der Waals surface area contributed by atoms with Crippen LogP contribution in [-0.2, 0) is 17.6 Å². The number of thiol groups is 1. The monoisotopic (exact) mass is 289 g/mol. The topological polar surface area (TPSA) is 29.1 Å². The molecule has 0 unspecified atom stereocenters. The molecular weight excluding hydrogens is 273 g/mol. The molecule has 0 aromatic heterocycles. The predicted octanol–water partition coefficient (Wildman–Crippen LogP) is 3.02. The highest BCUT2D eigenvalue weighted by molar-refractivity contribution is 7.80. The minimum absolute atomic E-state index is 0.0148. The van der Waals surface area contributed by atoms with Crippen molar-refractivity contribution in [1.82, 2.24) is 5.32 Å². The number of carbonyl (C=O) groups is 1. The van der Waals surface area contributed by atoms with Crippen LogP contribution in [0, 0.1) is 5.82 Å². The lowest BCUT2D eigenvalue weighted by molar-refractivity contribution is -0.120. The van der Waals surface area contributed by atoms with E-state index in [0.29, 0.717) is 19.4 Å². The standard InChI is InChI=1S/C16H16FNOS/c17-14-5-1-12(2-6-14)9-10-18-16(19)11-13-3-7-15(20)8-4-13/h1-8,20H,9-11H2,(H,18,19). The highest BCUT2D eigenvalue weighted by atomic mass is 32.1. The molecule has 1 N–H and O–H groups in total. The van der Waals surface area contributed by atoms with Crippen molar-refractivity contribution in [2.75, 3.05) is 6.54 Å². The van der Waals surface area contributed by atoms with Crippen molar-refractivity contribution < 1.29 is 9.18 Å². The van der Waals surface area contributed by atoms with Gasteiger partial charge in [-0.15, -0.1) is 12.6 Å². The highest BCUT2D eigenvalue weighted by Gasteiger charge is 2.03. The molecule has 20 heavy (non-hydrogen) atoms. The third-order valence-electron chi connectivity index (χ3n) is 2.95. The lowest BCUT2D eigenvalue weighted by atomic mass is 10.1. The van der Waals surface area contributed by atoms with Gasteiger partial charge < -0.3 is 5.32 Å². The molecule has 0 saturated heterocycles. The van der Waals surface area contributed by atoms with E-state index in [0.717, 1.165) is 16.0 Å². The van der Waals surface area contributed by atoms with Gasteiger partial charge in [0.1, 0.15) is 5.82 Å². The van der Waals surface area contributed by atoms with Gasteiger partial charge in [0, 0.05) is 11.4 Å². The predicted molar refractivity (Wildman–Crippen MR) is 80.5 cm³/mol. The summed E-state index contributed by atoms with van der Waals surface area (Å²) in [5.41, 5.74) is 1.97. The minimum Gasteiger partial charge on any atom is -0.355 e. The average Bonchev–Trinajstić information content (AvgIpc) is 2.44. The van der Waals surface area contributed by atoms with Gasteiger partial charge in [0.25, 0.3) is 0 Å². The largest absolute Gasteiger partial charge is 0.355 e. The second-order valence-electron chi connectivity index (χ2n) is 4.57. The Bertz CT molecular complexity index is 566. The van der Waals surface area contributed by atoms with Crippen LogP contribution >= 0.6 is 12.6 Å². The second-order valence-corrected chi connectivity index (χ2v) is 5.09. The Morgan fingerprint density at radius 1 is 1.00 bits per heavy atom. The molecule has 0 heterocycles. The molecule has 0 saturated carbocycles. The second kappa shape index (κ2) is 7.10. The van der Waals surface area contributed by atoms with Gasteiger partial charge in [-0.25, -0.2) is 4.39 Å². The van der Waals surface area contributed by atoms with Crippen molar-refractivity contribution in [2.24, 2.45) is 0 Å². The smallest absolute Gasteiger partial charge is 0.224 e. The van der Waals surface area contributed by atoms with Gasteiger partial charge >= 0.3 is 0 Å². The normalized spacial score (nSPS) is 10.3. The summed E-state index contributed by atoms with van der Waals surface area (Å²) in [5.74, 6) is -0.260. The van der Waals surface area contributed by atoms with Crippen LogP contribution in [0.5, 0.6) is 0 Å². The van der Waals surface area contributed by atoms with Crippen molar-refractivity contribution in [2.45, 2.75) is 17.7 Å². The summed E-state index contributed by atoms with van der Waals surface area (Å²) in [5, 5.41) is 2.86. The number of rotatable bonds is 5. The Morgan fingerprint density at radius 3 is 2.25 bits per heavy atom. The van der Waals surface area contributed by atoms with E-state index in [-0.39, 0.29) is 11.7 Å². The van der Waals surface area contributed by atoms with Crippen LogP contribution in [0.4, 0.5) is 4.39 Å². The summed E-state index contributed by atoms with van der Waals surface area (Å²) in [4.78, 5) is 12.6. The fraction of sp³-hybridized carbons (Fsp3) is 0.188. The number of carbonyl (C=O) groups excluding carboxylic acids is 1. The number of hydrogen-bond acceptors (Lipinski definition) is 2. The lowest BCUT2D eigenvalue weighted by Gasteiger charge is -2.06. The van der Waals surface area contributed by atoms with Crippen molar-refractivity contribution in [3.63, 3.8) is 0 Å². The van der Waals surface area contributed by atoms with E-state index in [1.807, 2.05) is 24.3 Å². The van der Waals surface area contributed by atoms with Gasteiger partial charge in [0.05, 0.1) is 6.42 Å². The maximum absolute atomic E-state index is 12.7. The first kappa shape index (κ1) is 14.6. The summed E-state index contributed by atoms with van der Waals surface area (Å²) in [6.07, 6.45) is 1.05. The zero-order valence-corrected chi connectivity index (χ0v) is 11.9. The van der Waals surface area contributed by atoms with Crippen LogP contribution < -0.4 is 5.32 Å². The summed E-state index contributed by atoms with van der Waals surface area (Å²) in [6.45, 7) is 0.551. The van der Waals surface area contributed by atoms with Crippen molar-refractivity contribution >= 4 is 18.5 Å². The molecule has 104 valence electrons. The lowest BCUT2D eigenvalue weighted by Crippen LogP contribution is -2.27. The molecular formula is C16H16FNOS. The van der Waals surface area contributed by atoms with Crippen LogP contribution in [-0.4, -0.2) is 12.5 Å². The van der Waals surface area contributed by atoms with Gasteiger partial charge in [0.2, 0.25) is 5.91 Å². The molecule has 2 aromatic rings. The van der Waals surface area contributed by atoms with E-state index in [2.05, 4.69) is 17.9 Å². The molecule has 0 aliphatic heterocycles. The number of amides is 1. The van der Waals surface area contributed by atoms with E-state index < -0.39 is 0 Å². The van der Waals surface area contributed by atoms with Crippen molar-refractivity contribution in [3.8, 4) is 0 Å². The quantitative estimate of drug-likeness (QED) is 0.814. The molecule has 0 fully saturated rings. The zero-order valence-electron chi connectivity index (χ0n) is 11.0. The minimum atomic E-state index is -0.245. The molecule has 2 nitrogen and oxygen atoms in total. The number of hydrogen-bond donors (Lipinski definition) is 2. The Balaban J connectivity index is 1.75. The molecule has 1 amide bonds. The fourth-order valence-electron chi connectivity index (χ4n) is 1.86. The fourth-order valence-corrected chi connectivity index (χ4v) is 2.01. The highest BCUT2D eigenvalue weighted by Crippen LogP contribution is 2.08. The SMILES string of the molecule is O=C(Cc1ccc(S)cc1)NCCc1ccc(F)cc1. The Labute approximate surface area is 123 Å². The number of nitrogens with one attached hydrogen (secondary N) is 1. The third kappa shape index (κ3) is 4.70. The summed E-state index contributed by atoms with van der Waals surface area (Å²) < 4.78 is 12.7. The van der Waals surface area contributed by atoms with E-state index >= 15 is 0 Å². The van der Waals surface area contributed by atoms with Gasteiger partial charge in [-0.3, -0.25) is 4.79 Å². The van der Waals surface area contributed by atoms with Gasteiger partial charge in [-0.05, 0) is 41.8 Å². The first-order valence-corrected chi connectivity index (χ1v) is 6.87. The van der Waals surface area contributed by atoms with Crippen LogP contribution in [0.3, 0.4) is 0 Å². The summed E-state index contributed by atoms with van der Waals surface area (Å²) in [6, 6.07) is 13.8. The van der Waals surface area contributed by atoms with Crippen molar-refractivity contribution in [3.05, 3.63) is 65.5 Å². The van der Waals surface area contributed by atoms with Gasteiger partial charge in [-0.1, -0.05) is 24.3 Å². The molecule has 0 aliphatic rings. The molecule has 0 aliphatic carbocycles. The molecule has 0 spiro atoms. The third-order valence-corrected chi connectivity index (χ3v) is 3.25. The van der Waals surface area contributed by atoms with Gasteiger partial charge in [0.15, 0.2) is 0 Å². The summed E-state index contributed by atoms with van der Waals surface area (Å²) >= 11 is 4.20. The van der Waals surface area contributed by atoms with Crippen LogP contribution in [0.1, 0.15) is 11.1 Å². The van der Waals surface area contributed by atoms with E-state index in [1.165, 1.54) is 12.1 Å².